The van der Waals surface area contributed by atoms with Crippen molar-refractivity contribution < 1.29 is 42.1 Å². The Bertz CT molecular complexity index is 1810. The van der Waals surface area contributed by atoms with Crippen LogP contribution >= 0.6 is 7.82 Å². The Morgan fingerprint density at radius 3 is 0.966 bits per heavy atom. The van der Waals surface area contributed by atoms with Gasteiger partial charge in [-0.1, -0.05) is 323 Å². The van der Waals surface area contributed by atoms with Crippen LogP contribution in [0.4, 0.5) is 0 Å². The first-order valence-corrected chi connectivity index (χ1v) is 38.4. The number of carbonyl (C=O) groups is 2. The zero-order chi connectivity index (χ0) is 64.1. The number of phosphoric acid groups is 1. The Labute approximate surface area is 544 Å². The van der Waals surface area contributed by atoms with Crippen LogP contribution in [0.3, 0.4) is 0 Å². The van der Waals surface area contributed by atoms with Crippen LogP contribution in [0.5, 0.6) is 0 Å². The van der Waals surface area contributed by atoms with Crippen molar-refractivity contribution in [1.82, 2.24) is 0 Å². The number of ether oxygens (including phenoxy) is 2. The third-order valence-corrected chi connectivity index (χ3v) is 17.1. The molecule has 2 unspecified atom stereocenters. The van der Waals surface area contributed by atoms with Gasteiger partial charge in [-0.3, -0.25) is 14.2 Å². The average molecular weight is 1250 g/mol. The van der Waals surface area contributed by atoms with Gasteiger partial charge >= 0.3 is 11.9 Å². The molecule has 0 aromatic carbocycles. The second-order valence-electron chi connectivity index (χ2n) is 25.9. The number of unbranched alkanes of at least 4 members (excludes halogenated alkanes) is 38. The van der Waals surface area contributed by atoms with Gasteiger partial charge in [0, 0.05) is 12.8 Å². The molecule has 0 fully saturated rings. The maximum absolute atomic E-state index is 12.9. The first-order valence-electron chi connectivity index (χ1n) is 36.9. The van der Waals surface area contributed by atoms with Crippen LogP contribution in [0.2, 0.25) is 0 Å². The molecule has 0 aromatic heterocycles. The van der Waals surface area contributed by atoms with Gasteiger partial charge in [0.05, 0.1) is 27.7 Å². The van der Waals surface area contributed by atoms with Crippen LogP contribution in [0.1, 0.15) is 335 Å². The molecule has 0 aliphatic rings. The third kappa shape index (κ3) is 72.0. The van der Waals surface area contributed by atoms with E-state index in [-0.39, 0.29) is 32.0 Å². The molecule has 9 nitrogen and oxygen atoms in total. The molecule has 0 saturated carbocycles. The van der Waals surface area contributed by atoms with Gasteiger partial charge in [-0.05, 0) is 96.3 Å². The molecule has 0 spiro atoms. The summed E-state index contributed by atoms with van der Waals surface area (Å²) in [5.41, 5.74) is 0. The van der Waals surface area contributed by atoms with E-state index in [1.807, 2.05) is 21.1 Å². The number of likely N-dealkylation sites (N-methyl/N-ethyl adjacent to an activating group) is 1. The first-order chi connectivity index (χ1) is 43.0. The number of hydrogen-bond donors (Lipinski definition) is 0. The Morgan fingerprint density at radius 1 is 0.364 bits per heavy atom. The summed E-state index contributed by atoms with van der Waals surface area (Å²) in [6.07, 6.45) is 95.0. The van der Waals surface area contributed by atoms with Crippen LogP contribution in [-0.4, -0.2) is 70.0 Å². The van der Waals surface area contributed by atoms with E-state index in [0.29, 0.717) is 17.4 Å². The van der Waals surface area contributed by atoms with Gasteiger partial charge in [0.2, 0.25) is 0 Å². The molecule has 510 valence electrons. The SMILES string of the molecule is CC/C=C\C/C=C\C/C=C\C/C=C\C/C=C\CCCCCCCCCCCCCCCCCC(=O)OC(COC(=O)CCCCCCCCCCCCCCCCCCCC/C=C\C/C=C\C/C=C\CCCCCCC)COP(=O)([O-])OCC[N+](C)(C)C. The van der Waals surface area contributed by atoms with Crippen molar-refractivity contribution in [3.63, 3.8) is 0 Å². The molecule has 10 heteroatoms. The average Bonchev–Trinajstić information content (AvgIpc) is 3.68. The highest BCUT2D eigenvalue weighted by molar-refractivity contribution is 7.45. The van der Waals surface area contributed by atoms with E-state index in [4.69, 9.17) is 18.5 Å². The van der Waals surface area contributed by atoms with E-state index < -0.39 is 26.5 Å². The molecule has 88 heavy (non-hydrogen) atoms. The lowest BCUT2D eigenvalue weighted by molar-refractivity contribution is -0.870. The number of phosphoric ester groups is 1. The highest BCUT2D eigenvalue weighted by Gasteiger charge is 2.22. The molecule has 0 amide bonds. The molecule has 2 atom stereocenters. The lowest BCUT2D eigenvalue weighted by Gasteiger charge is -2.28. The quantitative estimate of drug-likeness (QED) is 0.0195. The second-order valence-corrected chi connectivity index (χ2v) is 27.3. The lowest BCUT2D eigenvalue weighted by atomic mass is 10.0. The normalized spacial score (nSPS) is 13.7. The summed E-state index contributed by atoms with van der Waals surface area (Å²) in [4.78, 5) is 38.1. The van der Waals surface area contributed by atoms with Gasteiger partial charge in [0.15, 0.2) is 6.10 Å². The Morgan fingerprint density at radius 2 is 0.648 bits per heavy atom. The van der Waals surface area contributed by atoms with E-state index >= 15 is 0 Å². The fraction of sp³-hybridized carbons (Fsp3) is 0.769. The number of carbonyl (C=O) groups excluding carboxylic acids is 2. The maximum atomic E-state index is 12.9. The van der Waals surface area contributed by atoms with Gasteiger partial charge in [-0.2, -0.15) is 0 Å². The predicted molar refractivity (Wildman–Crippen MR) is 379 cm³/mol. The van der Waals surface area contributed by atoms with Gasteiger partial charge in [-0.15, -0.1) is 0 Å². The zero-order valence-corrected chi connectivity index (χ0v) is 59.1. The van der Waals surface area contributed by atoms with E-state index in [1.165, 1.54) is 218 Å². The molecule has 0 N–H and O–H groups in total. The minimum atomic E-state index is -4.65. The number of hydrogen-bond acceptors (Lipinski definition) is 8. The summed E-state index contributed by atoms with van der Waals surface area (Å²) < 4.78 is 34.4. The standard InChI is InChI=1S/C78H140NO8P/c1-6-8-10-12-14-16-18-20-22-24-26-28-30-32-34-36-38-39-41-42-44-46-48-50-52-54-56-58-60-62-64-66-68-70-77(80)84-74-76(75-86-88(82,83)85-73-72-79(3,4)5)87-78(81)71-69-67-65-63-61-59-57-55-53-51-49-47-45-43-40-37-35-33-31-29-27-25-23-21-19-17-15-13-11-9-7-2/h9,11,15,17-18,20-21,23-24,26-27,29-30,32-33,35,76H,6-8,10,12-14,16,19,22,25,28,31,34,36-75H2,1-5H3/b11-9-,17-15-,20-18-,23-21-,26-24-,29-27-,32-30-,35-33-. The summed E-state index contributed by atoms with van der Waals surface area (Å²) in [5, 5.41) is 0. The molecule has 0 aliphatic carbocycles. The molecular weight excluding hydrogens is 1110 g/mol. The molecule has 0 bridgehead atoms. The monoisotopic (exact) mass is 1250 g/mol. The van der Waals surface area contributed by atoms with Crippen molar-refractivity contribution in [1.29, 1.82) is 0 Å². The minimum absolute atomic E-state index is 0.0324. The van der Waals surface area contributed by atoms with Crippen LogP contribution in [0, 0.1) is 0 Å². The molecule has 0 radical (unpaired) electrons. The topological polar surface area (TPSA) is 111 Å². The number of esters is 2. The molecule has 0 rings (SSSR count). The number of allylic oxidation sites excluding steroid dienone is 16. The number of nitrogens with zero attached hydrogens (tertiary/aromatic N) is 1. The minimum Gasteiger partial charge on any atom is -0.756 e. The highest BCUT2D eigenvalue weighted by Crippen LogP contribution is 2.38. The van der Waals surface area contributed by atoms with Crippen LogP contribution in [0.15, 0.2) is 97.2 Å². The van der Waals surface area contributed by atoms with Crippen molar-refractivity contribution in [2.45, 2.75) is 341 Å². The molecule has 0 heterocycles. The van der Waals surface area contributed by atoms with Crippen molar-refractivity contribution >= 4 is 19.8 Å². The van der Waals surface area contributed by atoms with E-state index in [2.05, 4.69) is 111 Å². The molecule has 0 aromatic rings. The van der Waals surface area contributed by atoms with Crippen molar-refractivity contribution in [3.05, 3.63) is 97.2 Å². The molecule has 0 aliphatic heterocycles. The fourth-order valence-corrected chi connectivity index (χ4v) is 11.2. The third-order valence-electron chi connectivity index (χ3n) is 16.1. The van der Waals surface area contributed by atoms with Crippen LogP contribution in [-0.2, 0) is 32.7 Å². The Kier molecular flexibility index (Phi) is 65.9. The van der Waals surface area contributed by atoms with E-state index in [1.54, 1.807) is 0 Å². The lowest BCUT2D eigenvalue weighted by Crippen LogP contribution is -2.37. The van der Waals surface area contributed by atoms with Crippen LogP contribution in [0.25, 0.3) is 0 Å². The van der Waals surface area contributed by atoms with Gasteiger partial charge in [-0.25, -0.2) is 0 Å². The maximum Gasteiger partial charge on any atom is 0.306 e. The van der Waals surface area contributed by atoms with E-state index in [9.17, 15) is 19.0 Å². The summed E-state index contributed by atoms with van der Waals surface area (Å²) >= 11 is 0. The fourth-order valence-electron chi connectivity index (χ4n) is 10.5. The van der Waals surface area contributed by atoms with Crippen molar-refractivity contribution in [2.24, 2.45) is 0 Å². The first kappa shape index (κ1) is 84.9. The summed E-state index contributed by atoms with van der Waals surface area (Å²) in [5.74, 6) is -0.822. The molecular formula is C78H140NO8P. The number of quaternary nitrogens is 1. The van der Waals surface area contributed by atoms with Gasteiger partial charge in [0.25, 0.3) is 7.82 Å². The van der Waals surface area contributed by atoms with Gasteiger partial charge < -0.3 is 27.9 Å². The summed E-state index contributed by atoms with van der Waals surface area (Å²) in [6.45, 7) is 4.15. The van der Waals surface area contributed by atoms with Crippen molar-refractivity contribution in [2.75, 3.05) is 47.5 Å². The number of rotatable bonds is 68. The van der Waals surface area contributed by atoms with E-state index in [0.717, 1.165) is 83.5 Å². The zero-order valence-electron chi connectivity index (χ0n) is 58.2. The smallest absolute Gasteiger partial charge is 0.306 e. The highest BCUT2D eigenvalue weighted by atomic mass is 31.2. The van der Waals surface area contributed by atoms with Crippen molar-refractivity contribution in [3.8, 4) is 0 Å². The predicted octanol–water partition coefficient (Wildman–Crippen LogP) is 23.6. The second kappa shape index (κ2) is 68.3. The Hall–Kier alpha value is -3.07. The largest absolute Gasteiger partial charge is 0.756 e. The summed E-state index contributed by atoms with van der Waals surface area (Å²) in [7, 11) is 1.17. The van der Waals surface area contributed by atoms with Gasteiger partial charge in [0.1, 0.15) is 19.8 Å². The summed E-state index contributed by atoms with van der Waals surface area (Å²) in [6, 6.07) is 0. The molecule has 0 saturated heterocycles. The van der Waals surface area contributed by atoms with Crippen LogP contribution < -0.4 is 4.89 Å². The Balaban J connectivity index is 4.00.